The summed E-state index contributed by atoms with van der Waals surface area (Å²) < 4.78 is 7.40. The summed E-state index contributed by atoms with van der Waals surface area (Å²) >= 11 is 1.12. The topological polar surface area (TPSA) is 128 Å². The van der Waals surface area contributed by atoms with E-state index in [2.05, 4.69) is 4.98 Å². The number of amides is 2. The number of nitro benzene ring substituents is 1. The van der Waals surface area contributed by atoms with Gasteiger partial charge in [0.15, 0.2) is 5.12 Å². The number of fused-ring (bicyclic) bond motifs is 1. The third-order valence-electron chi connectivity index (χ3n) is 5.70. The number of thioether (sulfide) groups is 1. The van der Waals surface area contributed by atoms with Crippen molar-refractivity contribution in [3.05, 3.63) is 58.2 Å². The molecule has 0 bridgehead atoms. The number of hydrogen-bond donors (Lipinski definition) is 0. The number of carbonyl (C=O) groups excluding carboxylic acids is 3. The molecule has 0 aliphatic carbocycles. The van der Waals surface area contributed by atoms with Gasteiger partial charge in [0.1, 0.15) is 12.6 Å². The van der Waals surface area contributed by atoms with Crippen LogP contribution in [0, 0.1) is 10.1 Å². The number of benzene rings is 1. The zero-order valence-electron chi connectivity index (χ0n) is 18.0. The third kappa shape index (κ3) is 5.16. The lowest BCUT2D eigenvalue weighted by Crippen LogP contribution is -2.49. The number of ether oxygens (including phenoxy) is 1. The van der Waals surface area contributed by atoms with Crippen molar-refractivity contribution >= 4 is 34.6 Å². The molecule has 0 radical (unpaired) electrons. The maximum absolute atomic E-state index is 13.3. The van der Waals surface area contributed by atoms with Crippen LogP contribution in [0.25, 0.3) is 0 Å². The minimum absolute atomic E-state index is 0.0535. The molecular formula is C21H23N5O6S. The van der Waals surface area contributed by atoms with Crippen molar-refractivity contribution in [2.24, 2.45) is 0 Å². The minimum atomic E-state index is -0.722. The summed E-state index contributed by atoms with van der Waals surface area (Å²) in [5.41, 5.74) is 1.46. The van der Waals surface area contributed by atoms with E-state index < -0.39 is 17.1 Å². The Morgan fingerprint density at radius 2 is 2.00 bits per heavy atom. The number of nitrogens with zero attached hydrogens (tertiary/aromatic N) is 5. The number of hydrogen-bond acceptors (Lipinski definition) is 8. The fourth-order valence-corrected chi connectivity index (χ4v) is 5.06. The van der Waals surface area contributed by atoms with Gasteiger partial charge in [-0.1, -0.05) is 11.8 Å². The molecule has 1 saturated heterocycles. The summed E-state index contributed by atoms with van der Waals surface area (Å²) in [4.78, 5) is 55.4. The molecule has 1 fully saturated rings. The Morgan fingerprint density at radius 3 is 2.70 bits per heavy atom. The third-order valence-corrected chi connectivity index (χ3v) is 6.71. The van der Waals surface area contributed by atoms with Gasteiger partial charge in [-0.3, -0.25) is 24.6 Å². The van der Waals surface area contributed by atoms with Crippen LogP contribution in [0.15, 0.2) is 36.8 Å². The summed E-state index contributed by atoms with van der Waals surface area (Å²) in [5, 5.41) is 10.5. The van der Waals surface area contributed by atoms with Crippen LogP contribution in [-0.2, 0) is 34.0 Å². The Balaban J connectivity index is 1.44. The highest BCUT2D eigenvalue weighted by Crippen LogP contribution is 2.30. The predicted octanol–water partition coefficient (Wildman–Crippen LogP) is 2.19. The van der Waals surface area contributed by atoms with Crippen LogP contribution in [0.1, 0.15) is 24.6 Å². The van der Waals surface area contributed by atoms with E-state index in [4.69, 9.17) is 4.74 Å². The first-order valence-corrected chi connectivity index (χ1v) is 11.3. The molecule has 2 amide bonds. The number of nitro groups is 1. The summed E-state index contributed by atoms with van der Waals surface area (Å²) in [6.45, 7) is 3.15. The largest absolute Gasteiger partial charge is 0.445 e. The molecule has 1 aromatic heterocycles. The molecule has 11 nitrogen and oxygen atoms in total. The van der Waals surface area contributed by atoms with E-state index in [0.717, 1.165) is 17.5 Å². The zero-order valence-corrected chi connectivity index (χ0v) is 18.8. The number of likely N-dealkylation sites (tertiary alicyclic amines) is 1. The van der Waals surface area contributed by atoms with Gasteiger partial charge >= 0.3 is 6.09 Å². The van der Waals surface area contributed by atoms with Gasteiger partial charge in [0, 0.05) is 50.1 Å². The van der Waals surface area contributed by atoms with Crippen molar-refractivity contribution in [3.8, 4) is 0 Å². The smallest absolute Gasteiger partial charge is 0.410 e. The zero-order chi connectivity index (χ0) is 23.5. The highest BCUT2D eigenvalue weighted by atomic mass is 32.2. The van der Waals surface area contributed by atoms with Crippen molar-refractivity contribution < 1.29 is 24.0 Å². The minimum Gasteiger partial charge on any atom is -0.445 e. The van der Waals surface area contributed by atoms with E-state index in [1.807, 2.05) is 4.57 Å². The molecule has 2 atom stereocenters. The molecule has 3 heterocycles. The average molecular weight is 474 g/mol. The average Bonchev–Trinajstić information content (AvgIpc) is 3.43. The van der Waals surface area contributed by atoms with E-state index >= 15 is 0 Å². The summed E-state index contributed by atoms with van der Waals surface area (Å²) in [6, 6.07) is 4.99. The Kier molecular flexibility index (Phi) is 6.63. The fraction of sp³-hybridized carbons (Fsp3) is 0.429. The van der Waals surface area contributed by atoms with E-state index in [-0.39, 0.29) is 35.1 Å². The molecule has 2 aromatic rings. The SMILES string of the molecule is CC(=O)S[C@H]1C[C@@H](C(=O)N2CCn3cncc3C2)N(C(=O)OCc2ccc([N+](=O)[O-])cc2)C1. The molecular weight excluding hydrogens is 450 g/mol. The van der Waals surface area contributed by atoms with E-state index in [0.29, 0.717) is 31.6 Å². The normalized spacial score (nSPS) is 19.8. The quantitative estimate of drug-likeness (QED) is 0.478. The second-order valence-corrected chi connectivity index (χ2v) is 9.43. The van der Waals surface area contributed by atoms with Crippen LogP contribution < -0.4 is 0 Å². The van der Waals surface area contributed by atoms with Crippen LogP contribution in [0.4, 0.5) is 10.5 Å². The molecule has 0 unspecified atom stereocenters. The lowest BCUT2D eigenvalue weighted by Gasteiger charge is -2.32. The van der Waals surface area contributed by atoms with Gasteiger partial charge in [-0.15, -0.1) is 0 Å². The molecule has 2 aliphatic heterocycles. The van der Waals surface area contributed by atoms with Crippen molar-refractivity contribution in [1.29, 1.82) is 0 Å². The Hall–Kier alpha value is -3.41. The lowest BCUT2D eigenvalue weighted by atomic mass is 10.1. The molecule has 12 heteroatoms. The molecule has 1 aromatic carbocycles. The summed E-state index contributed by atoms with van der Waals surface area (Å²) in [6.07, 6.45) is 3.17. The van der Waals surface area contributed by atoms with E-state index in [1.165, 1.54) is 36.1 Å². The standard InChI is InChI=1S/C21H23N5O6S/c1-14(27)33-18-8-19(20(28)23-6-7-24-13-22-9-17(24)10-23)25(11-18)21(29)32-12-15-2-4-16(5-3-15)26(30)31/h2-5,9,13,18-19H,6-8,10-12H2,1H3/t18-,19-/m0/s1. The number of carbonyl (C=O) groups is 3. The molecule has 0 saturated carbocycles. The van der Waals surface area contributed by atoms with Gasteiger partial charge in [0.2, 0.25) is 5.91 Å². The molecule has 0 N–H and O–H groups in total. The van der Waals surface area contributed by atoms with Crippen LogP contribution in [0.2, 0.25) is 0 Å². The lowest BCUT2D eigenvalue weighted by molar-refractivity contribution is -0.384. The van der Waals surface area contributed by atoms with Gasteiger partial charge in [0.25, 0.3) is 5.69 Å². The first kappa shape index (κ1) is 22.8. The number of aromatic nitrogens is 2. The number of rotatable bonds is 5. The van der Waals surface area contributed by atoms with Crippen molar-refractivity contribution in [1.82, 2.24) is 19.4 Å². The Bertz CT molecular complexity index is 1070. The summed E-state index contributed by atoms with van der Waals surface area (Å²) in [5.74, 6) is -0.179. The molecule has 2 aliphatic rings. The van der Waals surface area contributed by atoms with Gasteiger partial charge in [-0.05, 0) is 24.1 Å². The van der Waals surface area contributed by atoms with Crippen molar-refractivity contribution in [2.75, 3.05) is 13.1 Å². The van der Waals surface area contributed by atoms with Gasteiger partial charge in [0.05, 0.1) is 23.5 Å². The first-order chi connectivity index (χ1) is 15.8. The molecule has 174 valence electrons. The predicted molar refractivity (Wildman–Crippen MR) is 118 cm³/mol. The van der Waals surface area contributed by atoms with Gasteiger partial charge in [-0.2, -0.15) is 0 Å². The van der Waals surface area contributed by atoms with Gasteiger partial charge in [-0.25, -0.2) is 9.78 Å². The van der Waals surface area contributed by atoms with Crippen LogP contribution in [0.5, 0.6) is 0 Å². The molecule has 0 spiro atoms. The fourth-order valence-electron chi connectivity index (χ4n) is 4.08. The second-order valence-electron chi connectivity index (χ2n) is 7.95. The first-order valence-electron chi connectivity index (χ1n) is 10.4. The monoisotopic (exact) mass is 473 g/mol. The van der Waals surface area contributed by atoms with Crippen molar-refractivity contribution in [2.45, 2.75) is 44.3 Å². The van der Waals surface area contributed by atoms with E-state index in [9.17, 15) is 24.5 Å². The van der Waals surface area contributed by atoms with Crippen LogP contribution in [-0.4, -0.2) is 65.8 Å². The molecule has 33 heavy (non-hydrogen) atoms. The van der Waals surface area contributed by atoms with Crippen LogP contribution >= 0.6 is 11.8 Å². The van der Waals surface area contributed by atoms with Gasteiger partial charge < -0.3 is 14.2 Å². The number of imidazole rings is 1. The van der Waals surface area contributed by atoms with E-state index in [1.54, 1.807) is 17.4 Å². The summed E-state index contributed by atoms with van der Waals surface area (Å²) in [7, 11) is 0. The van der Waals surface area contributed by atoms with Crippen LogP contribution in [0.3, 0.4) is 0 Å². The van der Waals surface area contributed by atoms with Crippen molar-refractivity contribution in [3.63, 3.8) is 0 Å². The second kappa shape index (κ2) is 9.61. The maximum atomic E-state index is 13.3. The highest BCUT2D eigenvalue weighted by molar-refractivity contribution is 8.14. The Morgan fingerprint density at radius 1 is 1.24 bits per heavy atom. The number of non-ortho nitro benzene ring substituents is 1. The Labute approximate surface area is 193 Å². The maximum Gasteiger partial charge on any atom is 0.410 e. The molecule has 4 rings (SSSR count). The highest BCUT2D eigenvalue weighted by Gasteiger charge is 2.43.